The maximum atomic E-state index is 5.88. The number of anilines is 1. The fourth-order valence-electron chi connectivity index (χ4n) is 1.75. The molecule has 3 rings (SSSR count). The number of nitrogens with two attached hydrogens (primary N) is 1. The van der Waals surface area contributed by atoms with Crippen LogP contribution in [0.3, 0.4) is 0 Å². The van der Waals surface area contributed by atoms with Gasteiger partial charge in [0.05, 0.1) is 5.52 Å². The first kappa shape index (κ1) is 8.29. The van der Waals surface area contributed by atoms with Crippen LogP contribution in [0.25, 0.3) is 17.0 Å². The molecular weight excluding hydrogens is 188 g/mol. The number of hydrogen-bond acceptors (Lipinski definition) is 3. The molecule has 0 saturated heterocycles. The van der Waals surface area contributed by atoms with Crippen LogP contribution in [-0.2, 0) is 0 Å². The summed E-state index contributed by atoms with van der Waals surface area (Å²) in [4.78, 5) is 4.42. The van der Waals surface area contributed by atoms with Crippen molar-refractivity contribution in [3.8, 4) is 5.88 Å². The minimum absolute atomic E-state index is 0.591. The van der Waals surface area contributed by atoms with Crippen molar-refractivity contribution in [3.63, 3.8) is 0 Å². The van der Waals surface area contributed by atoms with Crippen molar-refractivity contribution in [1.82, 2.24) is 4.98 Å². The molecule has 1 aliphatic rings. The van der Waals surface area contributed by atoms with Gasteiger partial charge in [-0.25, -0.2) is 4.98 Å². The highest BCUT2D eigenvalue weighted by atomic mass is 16.5. The van der Waals surface area contributed by atoms with Crippen molar-refractivity contribution in [1.29, 1.82) is 0 Å². The second-order valence-electron chi connectivity index (χ2n) is 3.51. The summed E-state index contributed by atoms with van der Waals surface area (Å²) in [5.41, 5.74) is 8.51. The Morgan fingerprint density at radius 1 is 1.33 bits per heavy atom. The number of ether oxygens (including phenoxy) is 1. The summed E-state index contributed by atoms with van der Waals surface area (Å²) in [6.45, 7) is 0.591. The van der Waals surface area contributed by atoms with E-state index in [9.17, 15) is 0 Å². The number of rotatable bonds is 0. The van der Waals surface area contributed by atoms with Gasteiger partial charge in [-0.15, -0.1) is 0 Å². The van der Waals surface area contributed by atoms with E-state index in [4.69, 9.17) is 10.5 Å². The molecular formula is C12H10N2O. The third-order valence-corrected chi connectivity index (χ3v) is 2.50. The molecule has 0 radical (unpaired) electrons. The summed E-state index contributed by atoms with van der Waals surface area (Å²) in [7, 11) is 0. The van der Waals surface area contributed by atoms with Crippen LogP contribution >= 0.6 is 0 Å². The van der Waals surface area contributed by atoms with E-state index in [2.05, 4.69) is 4.98 Å². The molecule has 0 fully saturated rings. The Kier molecular flexibility index (Phi) is 1.65. The van der Waals surface area contributed by atoms with Gasteiger partial charge < -0.3 is 10.5 Å². The molecule has 2 aromatic rings. The highest BCUT2D eigenvalue weighted by molar-refractivity contribution is 5.92. The normalized spacial score (nSPS) is 13.6. The second-order valence-corrected chi connectivity index (χ2v) is 3.51. The molecule has 1 aliphatic heterocycles. The molecule has 0 aliphatic carbocycles. The predicted molar refractivity (Wildman–Crippen MR) is 60.7 cm³/mol. The van der Waals surface area contributed by atoms with Gasteiger partial charge in [0.2, 0.25) is 5.88 Å². The number of pyridine rings is 1. The van der Waals surface area contributed by atoms with Crippen molar-refractivity contribution in [3.05, 3.63) is 35.9 Å². The second kappa shape index (κ2) is 2.98. The third-order valence-electron chi connectivity index (χ3n) is 2.50. The minimum Gasteiger partial charge on any atom is -0.473 e. The number of nitrogen functional groups attached to an aromatic ring is 1. The Labute approximate surface area is 87.2 Å². The first-order valence-corrected chi connectivity index (χ1v) is 4.83. The highest BCUT2D eigenvalue weighted by Gasteiger charge is 2.09. The number of nitrogens with zero attached hydrogens (tertiary/aromatic N) is 1. The molecule has 3 heteroatoms. The summed E-state index contributed by atoms with van der Waals surface area (Å²) < 4.78 is 5.43. The zero-order valence-corrected chi connectivity index (χ0v) is 8.10. The smallest absolute Gasteiger partial charge is 0.221 e. The fraction of sp³-hybridized carbons (Fsp3) is 0.0833. The van der Waals surface area contributed by atoms with Gasteiger partial charge in [0.25, 0.3) is 0 Å². The Balaban J connectivity index is 2.37. The summed E-state index contributed by atoms with van der Waals surface area (Å²) >= 11 is 0. The fourth-order valence-corrected chi connectivity index (χ4v) is 1.75. The zero-order valence-electron chi connectivity index (χ0n) is 8.10. The molecule has 0 spiro atoms. The summed E-state index contributed by atoms with van der Waals surface area (Å²) in [5.74, 6) is 0.690. The van der Waals surface area contributed by atoms with Crippen molar-refractivity contribution >= 4 is 22.7 Å². The summed E-state index contributed by atoms with van der Waals surface area (Å²) in [5, 5.41) is 0.978. The van der Waals surface area contributed by atoms with Crippen LogP contribution in [0.1, 0.15) is 5.56 Å². The number of aromatic nitrogens is 1. The molecule has 0 bridgehead atoms. The van der Waals surface area contributed by atoms with E-state index in [-0.39, 0.29) is 0 Å². The van der Waals surface area contributed by atoms with E-state index in [1.807, 2.05) is 36.4 Å². The standard InChI is InChI=1S/C12H10N2O/c13-10-4-1-5-11-9(10)7-8-3-2-6-15-12(8)14-11/h1-5,7H,6,13H2. The number of benzene rings is 1. The molecule has 0 unspecified atom stereocenters. The van der Waals surface area contributed by atoms with Crippen LogP contribution in [0.4, 0.5) is 5.69 Å². The third kappa shape index (κ3) is 1.24. The molecule has 0 saturated carbocycles. The maximum Gasteiger partial charge on any atom is 0.221 e. The van der Waals surface area contributed by atoms with E-state index in [0.717, 1.165) is 22.2 Å². The average molecular weight is 198 g/mol. The molecule has 0 amide bonds. The average Bonchev–Trinajstić information content (AvgIpc) is 2.27. The van der Waals surface area contributed by atoms with Gasteiger partial charge in [-0.3, -0.25) is 0 Å². The van der Waals surface area contributed by atoms with E-state index in [1.165, 1.54) is 0 Å². The lowest BCUT2D eigenvalue weighted by atomic mass is 10.1. The molecule has 1 aromatic carbocycles. The van der Waals surface area contributed by atoms with Crippen LogP contribution in [0.2, 0.25) is 0 Å². The molecule has 1 aromatic heterocycles. The summed E-state index contributed by atoms with van der Waals surface area (Å²) in [6, 6.07) is 7.73. The van der Waals surface area contributed by atoms with Crippen molar-refractivity contribution < 1.29 is 4.74 Å². The van der Waals surface area contributed by atoms with Crippen LogP contribution in [-0.4, -0.2) is 11.6 Å². The lowest BCUT2D eigenvalue weighted by Crippen LogP contribution is -2.03. The Morgan fingerprint density at radius 2 is 2.27 bits per heavy atom. The van der Waals surface area contributed by atoms with Crippen molar-refractivity contribution in [2.24, 2.45) is 0 Å². The van der Waals surface area contributed by atoms with Gasteiger partial charge >= 0.3 is 0 Å². The minimum atomic E-state index is 0.591. The Morgan fingerprint density at radius 3 is 3.20 bits per heavy atom. The van der Waals surface area contributed by atoms with Gasteiger partial charge in [-0.2, -0.15) is 0 Å². The van der Waals surface area contributed by atoms with E-state index < -0.39 is 0 Å². The van der Waals surface area contributed by atoms with Gasteiger partial charge in [0.1, 0.15) is 6.61 Å². The van der Waals surface area contributed by atoms with Crippen LogP contribution in [0.15, 0.2) is 30.3 Å². The molecule has 3 nitrogen and oxygen atoms in total. The van der Waals surface area contributed by atoms with E-state index >= 15 is 0 Å². The molecule has 2 N–H and O–H groups in total. The monoisotopic (exact) mass is 198 g/mol. The molecule has 0 atom stereocenters. The van der Waals surface area contributed by atoms with Gasteiger partial charge in [0, 0.05) is 16.6 Å². The van der Waals surface area contributed by atoms with Gasteiger partial charge in [0.15, 0.2) is 0 Å². The highest BCUT2D eigenvalue weighted by Crippen LogP contribution is 2.28. The van der Waals surface area contributed by atoms with Crippen LogP contribution < -0.4 is 10.5 Å². The molecule has 2 heterocycles. The van der Waals surface area contributed by atoms with Crippen molar-refractivity contribution in [2.75, 3.05) is 12.3 Å². The topological polar surface area (TPSA) is 48.1 Å². The SMILES string of the molecule is Nc1cccc2nc3c(cc12)C=CCO3. The van der Waals surface area contributed by atoms with E-state index in [1.54, 1.807) is 0 Å². The van der Waals surface area contributed by atoms with Gasteiger partial charge in [-0.05, 0) is 24.3 Å². The number of hydrogen-bond donors (Lipinski definition) is 1. The first-order chi connectivity index (χ1) is 7.34. The summed E-state index contributed by atoms with van der Waals surface area (Å²) in [6.07, 6.45) is 3.98. The quantitative estimate of drug-likeness (QED) is 0.660. The predicted octanol–water partition coefficient (Wildman–Crippen LogP) is 2.22. The maximum absolute atomic E-state index is 5.88. The molecule has 15 heavy (non-hydrogen) atoms. The lowest BCUT2D eigenvalue weighted by Gasteiger charge is -2.12. The van der Waals surface area contributed by atoms with Crippen LogP contribution in [0, 0.1) is 0 Å². The molecule has 74 valence electrons. The van der Waals surface area contributed by atoms with Crippen LogP contribution in [0.5, 0.6) is 5.88 Å². The Hall–Kier alpha value is -2.03. The van der Waals surface area contributed by atoms with Gasteiger partial charge in [-0.1, -0.05) is 12.1 Å². The van der Waals surface area contributed by atoms with E-state index in [0.29, 0.717) is 12.5 Å². The lowest BCUT2D eigenvalue weighted by molar-refractivity contribution is 0.345. The largest absolute Gasteiger partial charge is 0.473 e. The number of fused-ring (bicyclic) bond motifs is 2. The zero-order chi connectivity index (χ0) is 10.3. The first-order valence-electron chi connectivity index (χ1n) is 4.83. The Bertz CT molecular complexity index is 561. The van der Waals surface area contributed by atoms with Crippen molar-refractivity contribution in [2.45, 2.75) is 0 Å².